The highest BCUT2D eigenvalue weighted by molar-refractivity contribution is 5.88. The summed E-state index contributed by atoms with van der Waals surface area (Å²) in [6.45, 7) is 1.28. The van der Waals surface area contributed by atoms with Gasteiger partial charge in [0, 0.05) is 32.1 Å². The van der Waals surface area contributed by atoms with E-state index < -0.39 is 5.60 Å². The molecule has 29 heavy (non-hydrogen) atoms. The zero-order valence-electron chi connectivity index (χ0n) is 15.9. The number of piperidine rings is 1. The van der Waals surface area contributed by atoms with Crippen molar-refractivity contribution in [3.63, 3.8) is 0 Å². The van der Waals surface area contributed by atoms with E-state index in [1.165, 1.54) is 12.1 Å². The number of hydrogen-bond donors (Lipinski definition) is 0. The Balaban J connectivity index is 1.33. The first kappa shape index (κ1) is 18.1. The highest BCUT2D eigenvalue weighted by Gasteiger charge is 2.58. The summed E-state index contributed by atoms with van der Waals surface area (Å²) in [5.41, 5.74) is 0.596. The maximum atomic E-state index is 13.7. The predicted octanol–water partition coefficient (Wildman–Crippen LogP) is 3.15. The summed E-state index contributed by atoms with van der Waals surface area (Å²) in [6.07, 6.45) is 4.11. The minimum atomic E-state index is -0.806. The summed E-state index contributed by atoms with van der Waals surface area (Å²) in [7, 11) is 0. The number of nitriles is 1. The number of anilines is 1. The topological polar surface area (TPSA) is 69.5 Å². The molecule has 0 radical (unpaired) electrons. The van der Waals surface area contributed by atoms with Gasteiger partial charge in [0.25, 0.3) is 5.91 Å². The second-order valence-electron chi connectivity index (χ2n) is 7.93. The molecule has 1 aromatic heterocycles. The average molecular weight is 392 g/mol. The Morgan fingerprint density at radius 1 is 1.21 bits per heavy atom. The Morgan fingerprint density at radius 3 is 2.79 bits per heavy atom. The Morgan fingerprint density at radius 2 is 2.03 bits per heavy atom. The summed E-state index contributed by atoms with van der Waals surface area (Å²) in [6, 6.07) is 12.0. The van der Waals surface area contributed by atoms with Gasteiger partial charge in [-0.3, -0.25) is 4.79 Å². The number of halogens is 1. The third kappa shape index (κ3) is 2.95. The van der Waals surface area contributed by atoms with E-state index in [1.807, 2.05) is 11.0 Å². The molecule has 1 aromatic carbocycles. The smallest absolute Gasteiger partial charge is 0.257 e. The van der Waals surface area contributed by atoms with E-state index >= 15 is 0 Å². The van der Waals surface area contributed by atoms with Gasteiger partial charge >= 0.3 is 0 Å². The molecule has 3 aliphatic heterocycles. The zero-order chi connectivity index (χ0) is 20.0. The van der Waals surface area contributed by atoms with E-state index in [2.05, 4.69) is 16.0 Å². The lowest BCUT2D eigenvalue weighted by atomic mass is 9.89. The first-order valence-electron chi connectivity index (χ1n) is 9.97. The summed E-state index contributed by atoms with van der Waals surface area (Å²) < 4.78 is 20.0. The fourth-order valence-corrected chi connectivity index (χ4v) is 4.84. The van der Waals surface area contributed by atoms with Crippen molar-refractivity contribution in [1.82, 2.24) is 9.88 Å². The molecule has 0 aliphatic carbocycles. The van der Waals surface area contributed by atoms with Crippen molar-refractivity contribution in [2.45, 2.75) is 43.6 Å². The molecule has 148 valence electrons. The van der Waals surface area contributed by atoms with Crippen LogP contribution in [0.15, 0.2) is 42.6 Å². The first-order chi connectivity index (χ1) is 14.1. The monoisotopic (exact) mass is 392 g/mol. The number of amides is 1. The van der Waals surface area contributed by atoms with E-state index in [0.29, 0.717) is 31.5 Å². The molecule has 5 rings (SSSR count). The second-order valence-corrected chi connectivity index (χ2v) is 7.93. The van der Waals surface area contributed by atoms with Crippen LogP contribution in [0, 0.1) is 17.1 Å². The highest BCUT2D eigenvalue weighted by atomic mass is 19.1. The molecular weight excluding hydrogens is 371 g/mol. The van der Waals surface area contributed by atoms with Gasteiger partial charge in [0.05, 0.1) is 17.7 Å². The molecule has 4 heterocycles. The fourth-order valence-electron chi connectivity index (χ4n) is 4.84. The molecule has 1 spiro atoms. The van der Waals surface area contributed by atoms with Crippen molar-refractivity contribution >= 4 is 11.7 Å². The number of ether oxygens (including phenoxy) is 1. The molecule has 2 atom stereocenters. The third-order valence-electron chi connectivity index (χ3n) is 6.32. The van der Waals surface area contributed by atoms with Crippen LogP contribution in [-0.4, -0.2) is 40.7 Å². The van der Waals surface area contributed by atoms with Gasteiger partial charge in [0.2, 0.25) is 0 Å². The third-order valence-corrected chi connectivity index (χ3v) is 6.32. The standard InChI is InChI=1S/C22H21FN4O2/c23-17-3-1-2-16(13-17)18-4-5-20-27(18)21(28)22(29-20)7-10-26(11-8-22)19-12-15(14-24)6-9-25-19/h1-3,6,9,12-13,18,20H,4-5,7-8,10-11H2/t18-,20+/m0/s1. The second kappa shape index (κ2) is 6.82. The molecule has 3 aliphatic rings. The van der Waals surface area contributed by atoms with Gasteiger partial charge in [-0.05, 0) is 42.7 Å². The Hall–Kier alpha value is -2.98. The van der Waals surface area contributed by atoms with Crippen molar-refractivity contribution in [2.24, 2.45) is 0 Å². The first-order valence-corrected chi connectivity index (χ1v) is 9.97. The van der Waals surface area contributed by atoms with Crippen LogP contribution >= 0.6 is 0 Å². The number of hydrogen-bond acceptors (Lipinski definition) is 5. The van der Waals surface area contributed by atoms with E-state index in [0.717, 1.165) is 24.2 Å². The van der Waals surface area contributed by atoms with Crippen LogP contribution in [-0.2, 0) is 9.53 Å². The van der Waals surface area contributed by atoms with E-state index in [1.54, 1.807) is 24.4 Å². The quantitative estimate of drug-likeness (QED) is 0.785. The van der Waals surface area contributed by atoms with Crippen LogP contribution in [0.25, 0.3) is 0 Å². The lowest BCUT2D eigenvalue weighted by Gasteiger charge is -2.38. The van der Waals surface area contributed by atoms with Gasteiger partial charge in [0.15, 0.2) is 5.60 Å². The van der Waals surface area contributed by atoms with Crippen LogP contribution in [0.5, 0.6) is 0 Å². The molecule has 7 heteroatoms. The maximum absolute atomic E-state index is 13.7. The van der Waals surface area contributed by atoms with Gasteiger partial charge in [-0.15, -0.1) is 0 Å². The van der Waals surface area contributed by atoms with Crippen molar-refractivity contribution in [1.29, 1.82) is 5.26 Å². The van der Waals surface area contributed by atoms with Crippen LogP contribution in [0.4, 0.5) is 10.2 Å². The molecule has 0 N–H and O–H groups in total. The number of aromatic nitrogens is 1. The van der Waals surface area contributed by atoms with Crippen molar-refractivity contribution < 1.29 is 13.9 Å². The normalized spacial score (nSPS) is 25.3. The molecule has 0 saturated carbocycles. The van der Waals surface area contributed by atoms with Crippen molar-refractivity contribution in [3.05, 3.63) is 59.5 Å². The van der Waals surface area contributed by atoms with Crippen LogP contribution in [0.3, 0.4) is 0 Å². The number of carbonyl (C=O) groups is 1. The van der Waals surface area contributed by atoms with Gasteiger partial charge < -0.3 is 14.5 Å². The van der Waals surface area contributed by atoms with Crippen LogP contribution in [0.2, 0.25) is 0 Å². The predicted molar refractivity (Wildman–Crippen MR) is 103 cm³/mol. The summed E-state index contributed by atoms with van der Waals surface area (Å²) in [4.78, 5) is 21.7. The molecule has 3 fully saturated rings. The Kier molecular flexibility index (Phi) is 4.25. The lowest BCUT2D eigenvalue weighted by molar-refractivity contribution is -0.140. The fraction of sp³-hybridized carbons (Fsp3) is 0.409. The van der Waals surface area contributed by atoms with Crippen LogP contribution in [0.1, 0.15) is 42.9 Å². The summed E-state index contributed by atoms with van der Waals surface area (Å²) >= 11 is 0. The summed E-state index contributed by atoms with van der Waals surface area (Å²) in [5.74, 6) is 0.490. The molecule has 0 bridgehead atoms. The number of benzene rings is 1. The minimum absolute atomic E-state index is 0.0210. The molecule has 6 nitrogen and oxygen atoms in total. The van der Waals surface area contributed by atoms with Crippen molar-refractivity contribution in [2.75, 3.05) is 18.0 Å². The van der Waals surface area contributed by atoms with Crippen molar-refractivity contribution in [3.8, 4) is 6.07 Å². The van der Waals surface area contributed by atoms with Gasteiger partial charge in [-0.25, -0.2) is 9.37 Å². The SMILES string of the molecule is N#Cc1ccnc(N2CCC3(CC2)O[C@@H]2CC[C@@H](c4cccc(F)c4)N2C3=O)c1. The largest absolute Gasteiger partial charge is 0.356 e. The van der Waals surface area contributed by atoms with Crippen LogP contribution < -0.4 is 4.90 Å². The minimum Gasteiger partial charge on any atom is -0.356 e. The number of pyridine rings is 1. The lowest BCUT2D eigenvalue weighted by Crippen LogP contribution is -2.50. The number of fused-ring (bicyclic) bond motifs is 1. The molecular formula is C22H21FN4O2. The zero-order valence-corrected chi connectivity index (χ0v) is 15.9. The number of carbonyl (C=O) groups excluding carboxylic acids is 1. The summed E-state index contributed by atoms with van der Waals surface area (Å²) in [5, 5.41) is 9.10. The Labute approximate surface area is 168 Å². The highest BCUT2D eigenvalue weighted by Crippen LogP contribution is 2.47. The van der Waals surface area contributed by atoms with E-state index in [-0.39, 0.29) is 24.0 Å². The van der Waals surface area contributed by atoms with Gasteiger partial charge in [-0.2, -0.15) is 5.26 Å². The molecule has 2 aromatic rings. The Bertz CT molecular complexity index is 996. The maximum Gasteiger partial charge on any atom is 0.257 e. The van der Waals surface area contributed by atoms with Gasteiger partial charge in [-0.1, -0.05) is 12.1 Å². The van der Waals surface area contributed by atoms with Gasteiger partial charge in [0.1, 0.15) is 17.9 Å². The van der Waals surface area contributed by atoms with E-state index in [9.17, 15) is 9.18 Å². The number of rotatable bonds is 2. The molecule has 3 saturated heterocycles. The molecule has 1 amide bonds. The number of nitrogens with zero attached hydrogens (tertiary/aromatic N) is 4. The average Bonchev–Trinajstić information content (AvgIpc) is 3.27. The van der Waals surface area contributed by atoms with E-state index in [4.69, 9.17) is 10.00 Å². The molecule has 0 unspecified atom stereocenters.